The molecule has 1 fully saturated rings. The first-order valence-electron chi connectivity index (χ1n) is 7.06. The van der Waals surface area contributed by atoms with Crippen molar-refractivity contribution in [2.45, 2.75) is 52.2 Å². The summed E-state index contributed by atoms with van der Waals surface area (Å²) in [7, 11) is 1.68. The number of carbonyl (C=O) groups excluding carboxylic acids is 2. The Labute approximate surface area is 121 Å². The molecule has 0 bridgehead atoms. The normalized spacial score (nSPS) is 16.9. The van der Waals surface area contributed by atoms with Crippen LogP contribution >= 0.6 is 0 Å². The molecule has 1 rings (SSSR count). The summed E-state index contributed by atoms with van der Waals surface area (Å²) in [6.45, 7) is 9.01. The van der Waals surface area contributed by atoms with Crippen LogP contribution in [0.5, 0.6) is 0 Å². The Kier molecular flexibility index (Phi) is 5.80. The smallest absolute Gasteiger partial charge is 0.410 e. The van der Waals surface area contributed by atoms with Gasteiger partial charge in [-0.15, -0.1) is 0 Å². The number of carbonyl (C=O) groups is 2. The highest BCUT2D eigenvalue weighted by Gasteiger charge is 2.28. The molecule has 1 aliphatic heterocycles. The number of hydrogen-bond acceptors (Lipinski definition) is 4. The molecule has 0 aromatic heterocycles. The second kappa shape index (κ2) is 6.92. The summed E-state index contributed by atoms with van der Waals surface area (Å²) in [5.41, 5.74) is -0.531. The minimum Gasteiger partial charge on any atom is -0.444 e. The van der Waals surface area contributed by atoms with E-state index in [2.05, 4.69) is 0 Å². The summed E-state index contributed by atoms with van der Waals surface area (Å²) in [5, 5.41) is 0. The van der Waals surface area contributed by atoms with Crippen LogP contribution in [0.25, 0.3) is 0 Å². The molecule has 0 aromatic carbocycles. The van der Waals surface area contributed by atoms with Crippen LogP contribution in [0.4, 0.5) is 4.79 Å². The summed E-state index contributed by atoms with van der Waals surface area (Å²) in [6, 6.07) is -0.155. The van der Waals surface area contributed by atoms with Gasteiger partial charge in [-0.05, 0) is 27.2 Å². The van der Waals surface area contributed by atoms with E-state index in [-0.39, 0.29) is 11.9 Å². The average molecular weight is 286 g/mol. The van der Waals surface area contributed by atoms with Crippen molar-refractivity contribution in [3.05, 3.63) is 0 Å². The number of rotatable bonds is 4. The maximum atomic E-state index is 12.1. The highest BCUT2D eigenvalue weighted by molar-refractivity contribution is 5.78. The lowest BCUT2D eigenvalue weighted by Crippen LogP contribution is -2.43. The largest absolute Gasteiger partial charge is 0.444 e. The van der Waals surface area contributed by atoms with Crippen molar-refractivity contribution in [3.63, 3.8) is 0 Å². The van der Waals surface area contributed by atoms with Gasteiger partial charge < -0.3 is 19.3 Å². The molecule has 1 aliphatic rings. The van der Waals surface area contributed by atoms with Crippen molar-refractivity contribution < 1.29 is 19.1 Å². The van der Waals surface area contributed by atoms with E-state index in [1.165, 1.54) is 4.90 Å². The second-order valence-electron chi connectivity index (χ2n) is 6.05. The lowest BCUT2D eigenvalue weighted by molar-refractivity contribution is -0.132. The van der Waals surface area contributed by atoms with Crippen LogP contribution < -0.4 is 0 Å². The van der Waals surface area contributed by atoms with Crippen molar-refractivity contribution in [1.29, 1.82) is 0 Å². The van der Waals surface area contributed by atoms with E-state index >= 15 is 0 Å². The van der Waals surface area contributed by atoms with E-state index in [1.54, 1.807) is 11.9 Å². The van der Waals surface area contributed by atoms with Gasteiger partial charge >= 0.3 is 6.09 Å². The molecular formula is C14H26N2O4. The summed E-state index contributed by atoms with van der Waals surface area (Å²) < 4.78 is 10.5. The number of hydrogen-bond donors (Lipinski definition) is 0. The highest BCUT2D eigenvalue weighted by atomic mass is 16.6. The Morgan fingerprint density at radius 3 is 2.50 bits per heavy atom. The third-order valence-corrected chi connectivity index (χ3v) is 3.22. The Balaban J connectivity index is 2.55. The molecule has 6 heteroatoms. The fraction of sp³-hybridized carbons (Fsp3) is 0.857. The van der Waals surface area contributed by atoms with Crippen molar-refractivity contribution in [1.82, 2.24) is 9.80 Å². The molecule has 1 unspecified atom stereocenters. The number of ether oxygens (including phenoxy) is 2. The van der Waals surface area contributed by atoms with Crippen LogP contribution in [0.2, 0.25) is 0 Å². The molecule has 1 saturated heterocycles. The molecule has 6 nitrogen and oxygen atoms in total. The van der Waals surface area contributed by atoms with Gasteiger partial charge in [0.05, 0.1) is 6.61 Å². The Morgan fingerprint density at radius 1 is 1.40 bits per heavy atom. The van der Waals surface area contributed by atoms with Gasteiger partial charge in [-0.2, -0.15) is 0 Å². The van der Waals surface area contributed by atoms with E-state index in [0.29, 0.717) is 32.7 Å². The fourth-order valence-corrected chi connectivity index (χ4v) is 1.98. The molecular weight excluding hydrogens is 260 g/mol. The van der Waals surface area contributed by atoms with E-state index < -0.39 is 11.7 Å². The Morgan fingerprint density at radius 2 is 2.05 bits per heavy atom. The summed E-state index contributed by atoms with van der Waals surface area (Å²) in [5.74, 6) is 0.0183. The lowest BCUT2D eigenvalue weighted by atomic mass is 10.1. The van der Waals surface area contributed by atoms with Gasteiger partial charge in [0, 0.05) is 26.1 Å². The Bertz CT molecular complexity index is 346. The minimum atomic E-state index is -0.531. The van der Waals surface area contributed by atoms with Crippen molar-refractivity contribution >= 4 is 12.0 Å². The second-order valence-corrected chi connectivity index (χ2v) is 6.05. The summed E-state index contributed by atoms with van der Waals surface area (Å²) in [4.78, 5) is 27.3. The summed E-state index contributed by atoms with van der Waals surface area (Å²) in [6.07, 6.45) is 0.612. The van der Waals surface area contributed by atoms with Crippen molar-refractivity contribution in [2.24, 2.45) is 0 Å². The third-order valence-electron chi connectivity index (χ3n) is 3.22. The standard InChI is InChI=1S/C14H26N2O4/c1-6-11(9-12(17)16-7-8-19-10-16)15(5)13(18)20-14(2,3)4/h11H,6-10H2,1-5H3. The molecule has 116 valence electrons. The fourth-order valence-electron chi connectivity index (χ4n) is 1.98. The zero-order valence-corrected chi connectivity index (χ0v) is 13.1. The van der Waals surface area contributed by atoms with Crippen molar-refractivity contribution in [3.8, 4) is 0 Å². The van der Waals surface area contributed by atoms with Gasteiger partial charge in [0.25, 0.3) is 0 Å². The average Bonchev–Trinajstić information content (AvgIpc) is 2.86. The van der Waals surface area contributed by atoms with Gasteiger partial charge in [-0.25, -0.2) is 4.79 Å². The van der Waals surface area contributed by atoms with E-state index in [4.69, 9.17) is 9.47 Å². The monoisotopic (exact) mass is 286 g/mol. The molecule has 0 aliphatic carbocycles. The summed E-state index contributed by atoms with van der Waals surface area (Å²) >= 11 is 0. The minimum absolute atomic E-state index is 0.0183. The molecule has 0 aromatic rings. The number of amides is 2. The first-order chi connectivity index (χ1) is 9.24. The van der Waals surface area contributed by atoms with Gasteiger partial charge in [0.2, 0.25) is 5.91 Å². The maximum Gasteiger partial charge on any atom is 0.410 e. The Hall–Kier alpha value is -1.30. The van der Waals surface area contributed by atoms with Crippen LogP contribution in [0, 0.1) is 0 Å². The predicted octanol–water partition coefficient (Wildman–Crippen LogP) is 1.84. The molecule has 0 spiro atoms. The van der Waals surface area contributed by atoms with Crippen LogP contribution in [0.3, 0.4) is 0 Å². The highest BCUT2D eigenvalue weighted by Crippen LogP contribution is 2.15. The van der Waals surface area contributed by atoms with E-state index in [9.17, 15) is 9.59 Å². The van der Waals surface area contributed by atoms with Crippen LogP contribution in [-0.2, 0) is 14.3 Å². The van der Waals surface area contributed by atoms with Gasteiger partial charge in [0.15, 0.2) is 0 Å². The maximum absolute atomic E-state index is 12.1. The zero-order chi connectivity index (χ0) is 15.3. The SMILES string of the molecule is CCC(CC(=O)N1CCOC1)N(C)C(=O)OC(C)(C)C. The first kappa shape index (κ1) is 16.8. The van der Waals surface area contributed by atoms with Crippen LogP contribution in [0.1, 0.15) is 40.5 Å². The zero-order valence-electron chi connectivity index (χ0n) is 13.1. The van der Waals surface area contributed by atoms with Crippen LogP contribution in [-0.4, -0.2) is 60.4 Å². The molecule has 1 atom stereocenters. The molecule has 20 heavy (non-hydrogen) atoms. The van der Waals surface area contributed by atoms with E-state index in [0.717, 1.165) is 0 Å². The van der Waals surface area contributed by atoms with Crippen LogP contribution in [0.15, 0.2) is 0 Å². The third kappa shape index (κ3) is 5.00. The molecule has 0 N–H and O–H groups in total. The van der Waals surface area contributed by atoms with Gasteiger partial charge in [-0.3, -0.25) is 4.79 Å². The lowest BCUT2D eigenvalue weighted by Gasteiger charge is -2.30. The van der Waals surface area contributed by atoms with Gasteiger partial charge in [0.1, 0.15) is 12.3 Å². The quantitative estimate of drug-likeness (QED) is 0.791. The molecule has 0 radical (unpaired) electrons. The molecule has 0 saturated carbocycles. The van der Waals surface area contributed by atoms with Gasteiger partial charge in [-0.1, -0.05) is 6.92 Å². The van der Waals surface area contributed by atoms with Crippen molar-refractivity contribution in [2.75, 3.05) is 26.9 Å². The predicted molar refractivity (Wildman–Crippen MR) is 75.2 cm³/mol. The molecule has 2 amide bonds. The number of nitrogens with zero attached hydrogens (tertiary/aromatic N) is 2. The molecule has 1 heterocycles. The topological polar surface area (TPSA) is 59.1 Å². The first-order valence-corrected chi connectivity index (χ1v) is 7.06. The van der Waals surface area contributed by atoms with E-state index in [1.807, 2.05) is 27.7 Å².